The van der Waals surface area contributed by atoms with Crippen LogP contribution in [0.3, 0.4) is 0 Å². The number of nitrogens with zero attached hydrogens (tertiary/aromatic N) is 2. The summed E-state index contributed by atoms with van der Waals surface area (Å²) < 4.78 is 5.31. The first-order valence-electron chi connectivity index (χ1n) is 8.02. The van der Waals surface area contributed by atoms with Gasteiger partial charge in [-0.3, -0.25) is 9.59 Å². The molecule has 0 aliphatic carbocycles. The second kappa shape index (κ2) is 7.36. The largest absolute Gasteiger partial charge is 0.378 e. The Kier molecular flexibility index (Phi) is 5.20. The van der Waals surface area contributed by atoms with Gasteiger partial charge in [0.15, 0.2) is 5.17 Å². The summed E-state index contributed by atoms with van der Waals surface area (Å²) in [6.07, 6.45) is 0.133. The average molecular weight is 347 g/mol. The Morgan fingerprint density at radius 3 is 2.83 bits per heavy atom. The minimum absolute atomic E-state index is 0.133. The van der Waals surface area contributed by atoms with Crippen LogP contribution in [0.1, 0.15) is 17.5 Å². The Balaban J connectivity index is 1.56. The summed E-state index contributed by atoms with van der Waals surface area (Å²) in [5.74, 6) is -0.386. The molecular formula is C17H21N3O3S. The minimum Gasteiger partial charge on any atom is -0.378 e. The molecule has 0 radical (unpaired) electrons. The third-order valence-corrected chi connectivity index (χ3v) is 5.25. The Labute approximate surface area is 145 Å². The Morgan fingerprint density at radius 2 is 2.12 bits per heavy atom. The molecule has 1 aromatic carbocycles. The molecule has 3 rings (SSSR count). The van der Waals surface area contributed by atoms with Gasteiger partial charge in [0.25, 0.3) is 5.91 Å². The number of thioether (sulfide) groups is 1. The van der Waals surface area contributed by atoms with Crippen molar-refractivity contribution in [3.05, 3.63) is 29.3 Å². The maximum absolute atomic E-state index is 12.3. The van der Waals surface area contributed by atoms with Crippen LogP contribution in [-0.4, -0.2) is 53.4 Å². The highest BCUT2D eigenvalue weighted by atomic mass is 32.2. The molecule has 0 saturated carbocycles. The normalized spacial score (nSPS) is 20.9. The molecule has 2 heterocycles. The predicted octanol–water partition coefficient (Wildman–Crippen LogP) is 1.96. The van der Waals surface area contributed by atoms with Crippen molar-refractivity contribution in [3.63, 3.8) is 0 Å². The van der Waals surface area contributed by atoms with Crippen molar-refractivity contribution in [3.8, 4) is 0 Å². The van der Waals surface area contributed by atoms with Crippen LogP contribution in [-0.2, 0) is 14.3 Å². The van der Waals surface area contributed by atoms with Crippen molar-refractivity contribution in [2.45, 2.75) is 25.5 Å². The average Bonchev–Trinajstić information content (AvgIpc) is 2.92. The van der Waals surface area contributed by atoms with Crippen LogP contribution in [0.25, 0.3) is 0 Å². The molecular weight excluding hydrogens is 326 g/mol. The van der Waals surface area contributed by atoms with Gasteiger partial charge in [0.1, 0.15) is 5.25 Å². The number of aliphatic imine (C=N–C) groups is 1. The number of hydrogen-bond acceptors (Lipinski definition) is 5. The first-order chi connectivity index (χ1) is 11.5. The van der Waals surface area contributed by atoms with E-state index in [2.05, 4.69) is 10.3 Å². The second-order valence-electron chi connectivity index (χ2n) is 6.01. The molecule has 2 amide bonds. The van der Waals surface area contributed by atoms with E-state index in [1.807, 2.05) is 36.9 Å². The molecule has 6 nitrogen and oxygen atoms in total. The summed E-state index contributed by atoms with van der Waals surface area (Å²) >= 11 is 1.38. The van der Waals surface area contributed by atoms with Crippen molar-refractivity contribution in [1.82, 2.24) is 4.90 Å². The van der Waals surface area contributed by atoms with E-state index < -0.39 is 5.25 Å². The lowest BCUT2D eigenvalue weighted by Gasteiger charge is -2.27. The fraction of sp³-hybridized carbons (Fsp3) is 0.471. The Bertz CT molecular complexity index is 684. The molecule has 1 saturated heterocycles. The first-order valence-corrected chi connectivity index (χ1v) is 8.90. The van der Waals surface area contributed by atoms with E-state index in [4.69, 9.17) is 4.74 Å². The van der Waals surface area contributed by atoms with Gasteiger partial charge < -0.3 is 15.0 Å². The highest BCUT2D eigenvalue weighted by molar-refractivity contribution is 8.15. The smallest absolute Gasteiger partial charge is 0.262 e. The number of carbonyl (C=O) groups excluding carboxylic acids is 2. The Morgan fingerprint density at radius 1 is 1.38 bits per heavy atom. The van der Waals surface area contributed by atoms with Crippen LogP contribution < -0.4 is 5.32 Å². The van der Waals surface area contributed by atoms with E-state index in [-0.39, 0.29) is 18.2 Å². The maximum Gasteiger partial charge on any atom is 0.262 e. The summed E-state index contributed by atoms with van der Waals surface area (Å²) in [5.41, 5.74) is 2.95. The van der Waals surface area contributed by atoms with Crippen molar-refractivity contribution < 1.29 is 14.3 Å². The zero-order chi connectivity index (χ0) is 17.1. The van der Waals surface area contributed by atoms with Crippen LogP contribution in [0.5, 0.6) is 0 Å². The van der Waals surface area contributed by atoms with Crippen LogP contribution >= 0.6 is 11.8 Å². The summed E-state index contributed by atoms with van der Waals surface area (Å²) in [6.45, 7) is 6.73. The number of hydrogen-bond donors (Lipinski definition) is 1. The molecule has 0 unspecified atom stereocenters. The fourth-order valence-corrected chi connectivity index (χ4v) is 3.84. The van der Waals surface area contributed by atoms with Gasteiger partial charge >= 0.3 is 0 Å². The van der Waals surface area contributed by atoms with Crippen molar-refractivity contribution in [1.29, 1.82) is 0 Å². The number of rotatable bonds is 3. The second-order valence-corrected chi connectivity index (χ2v) is 7.18. The number of anilines is 1. The van der Waals surface area contributed by atoms with Gasteiger partial charge in [0, 0.05) is 25.2 Å². The molecule has 7 heteroatoms. The molecule has 1 atom stereocenters. The number of nitrogens with one attached hydrogen (secondary N) is 1. The number of morpholine rings is 1. The molecule has 1 aromatic rings. The topological polar surface area (TPSA) is 71.0 Å². The van der Waals surface area contributed by atoms with E-state index in [0.717, 1.165) is 29.9 Å². The predicted molar refractivity (Wildman–Crippen MR) is 95.4 cm³/mol. The highest BCUT2D eigenvalue weighted by Gasteiger charge is 2.33. The molecule has 0 aromatic heterocycles. The van der Waals surface area contributed by atoms with Crippen LogP contribution in [0.15, 0.2) is 23.2 Å². The molecule has 0 bridgehead atoms. The number of carbonyl (C=O) groups is 2. The first kappa shape index (κ1) is 17.0. The van der Waals surface area contributed by atoms with Crippen molar-refractivity contribution >= 4 is 34.4 Å². The van der Waals surface area contributed by atoms with Gasteiger partial charge in [-0.15, -0.1) is 0 Å². The van der Waals surface area contributed by atoms with Crippen LogP contribution in [0.4, 0.5) is 5.69 Å². The molecule has 24 heavy (non-hydrogen) atoms. The third-order valence-electron chi connectivity index (χ3n) is 4.04. The number of amides is 2. The molecule has 128 valence electrons. The summed E-state index contributed by atoms with van der Waals surface area (Å²) in [4.78, 5) is 30.5. The third kappa shape index (κ3) is 3.96. The zero-order valence-electron chi connectivity index (χ0n) is 13.9. The lowest BCUT2D eigenvalue weighted by Crippen LogP contribution is -2.39. The maximum atomic E-state index is 12.3. The summed E-state index contributed by atoms with van der Waals surface area (Å²) in [6, 6.07) is 5.87. The lowest BCUT2D eigenvalue weighted by molar-refractivity contribution is -0.121. The molecule has 1 N–H and O–H groups in total. The van der Waals surface area contributed by atoms with E-state index in [1.54, 1.807) is 0 Å². The lowest BCUT2D eigenvalue weighted by atomic mass is 10.1. The van der Waals surface area contributed by atoms with Crippen LogP contribution in [0, 0.1) is 13.8 Å². The van der Waals surface area contributed by atoms with Gasteiger partial charge in [-0.1, -0.05) is 29.5 Å². The Hall–Kier alpha value is -1.86. The van der Waals surface area contributed by atoms with Gasteiger partial charge in [-0.05, 0) is 25.5 Å². The van der Waals surface area contributed by atoms with Crippen molar-refractivity contribution in [2.75, 3.05) is 31.6 Å². The van der Waals surface area contributed by atoms with Gasteiger partial charge in [0.05, 0.1) is 13.2 Å². The standard InChI is InChI=1S/C17H21N3O3S/c1-11-3-4-13(12(2)9-11)18-15(21)10-14-16(22)19-17(24-14)20-5-7-23-8-6-20/h3-4,9,14H,5-8,10H2,1-2H3,(H,18,21)/t14-/m0/s1. The minimum atomic E-state index is -0.436. The van der Waals surface area contributed by atoms with E-state index in [9.17, 15) is 9.59 Å². The number of amidine groups is 1. The SMILES string of the molecule is Cc1ccc(NC(=O)C[C@@H]2SC(N3CCOCC3)=NC2=O)c(C)c1. The summed E-state index contributed by atoms with van der Waals surface area (Å²) in [5, 5.41) is 3.17. The van der Waals surface area contributed by atoms with Gasteiger partial charge in [0.2, 0.25) is 5.91 Å². The van der Waals surface area contributed by atoms with Crippen LogP contribution in [0.2, 0.25) is 0 Å². The number of ether oxygens (including phenoxy) is 1. The van der Waals surface area contributed by atoms with E-state index >= 15 is 0 Å². The van der Waals surface area contributed by atoms with Gasteiger partial charge in [-0.25, -0.2) is 0 Å². The molecule has 0 spiro atoms. The summed E-state index contributed by atoms with van der Waals surface area (Å²) in [7, 11) is 0. The van der Waals surface area contributed by atoms with E-state index in [0.29, 0.717) is 18.4 Å². The van der Waals surface area contributed by atoms with Crippen molar-refractivity contribution in [2.24, 2.45) is 4.99 Å². The van der Waals surface area contributed by atoms with Gasteiger partial charge in [-0.2, -0.15) is 4.99 Å². The van der Waals surface area contributed by atoms with E-state index in [1.165, 1.54) is 11.8 Å². The monoisotopic (exact) mass is 347 g/mol. The molecule has 2 aliphatic rings. The number of benzene rings is 1. The quantitative estimate of drug-likeness (QED) is 0.905. The highest BCUT2D eigenvalue weighted by Crippen LogP contribution is 2.28. The zero-order valence-corrected chi connectivity index (χ0v) is 14.7. The number of aryl methyl sites for hydroxylation is 2. The molecule has 1 fully saturated rings. The fourth-order valence-electron chi connectivity index (χ4n) is 2.72. The molecule has 2 aliphatic heterocycles.